The Kier molecular flexibility index (Phi) is 7.38. The number of anilines is 1. The molecule has 1 saturated heterocycles. The van der Waals surface area contributed by atoms with Gasteiger partial charge in [-0.25, -0.2) is 9.97 Å². The van der Waals surface area contributed by atoms with E-state index in [2.05, 4.69) is 25.6 Å². The van der Waals surface area contributed by atoms with Crippen LogP contribution in [-0.2, 0) is 22.6 Å². The molecule has 37 heavy (non-hydrogen) atoms. The summed E-state index contributed by atoms with van der Waals surface area (Å²) in [6.45, 7) is 2.76. The fraction of sp³-hybridized carbons (Fsp3) is 0.423. The summed E-state index contributed by atoms with van der Waals surface area (Å²) >= 11 is 6.52. The maximum Gasteiger partial charge on any atom is 0.263 e. The molecule has 2 N–H and O–H groups in total. The van der Waals surface area contributed by atoms with Crippen molar-refractivity contribution in [3.63, 3.8) is 0 Å². The maximum absolute atomic E-state index is 12.6. The number of amides is 2. The van der Waals surface area contributed by atoms with E-state index in [-0.39, 0.29) is 30.5 Å². The summed E-state index contributed by atoms with van der Waals surface area (Å²) in [4.78, 5) is 39.5. The average molecular weight is 525 g/mol. The van der Waals surface area contributed by atoms with E-state index in [1.54, 1.807) is 26.3 Å². The molecule has 11 heteroatoms. The van der Waals surface area contributed by atoms with Crippen molar-refractivity contribution < 1.29 is 19.1 Å². The molecule has 5 rings (SSSR count). The normalized spacial score (nSPS) is 19.2. The molecule has 2 amide bonds. The first-order valence-corrected chi connectivity index (χ1v) is 12.7. The molecule has 2 aliphatic rings. The van der Waals surface area contributed by atoms with E-state index in [1.807, 2.05) is 23.1 Å². The number of piperidine rings is 1. The Balaban J connectivity index is 1.22. The van der Waals surface area contributed by atoms with E-state index < -0.39 is 0 Å². The molecule has 3 aromatic heterocycles. The molecule has 10 nitrogen and oxygen atoms in total. The van der Waals surface area contributed by atoms with E-state index >= 15 is 0 Å². The number of halogens is 1. The minimum Gasteiger partial charge on any atom is -0.481 e. The first kappa shape index (κ1) is 25.2. The second kappa shape index (κ2) is 10.9. The smallest absolute Gasteiger partial charge is 0.263 e. The molecule has 0 bridgehead atoms. The summed E-state index contributed by atoms with van der Waals surface area (Å²) in [6, 6.07) is 7.59. The van der Waals surface area contributed by atoms with Gasteiger partial charge in [0.25, 0.3) is 5.91 Å². The molecular weight excluding hydrogens is 496 g/mol. The lowest BCUT2D eigenvalue weighted by atomic mass is 9.93. The second-order valence-electron chi connectivity index (χ2n) is 9.31. The molecule has 0 aliphatic carbocycles. The molecule has 194 valence electrons. The number of nitrogens with zero attached hydrogens (tertiary/aromatic N) is 4. The van der Waals surface area contributed by atoms with E-state index in [1.165, 1.54) is 0 Å². The summed E-state index contributed by atoms with van der Waals surface area (Å²) in [5, 5.41) is 6.82. The molecular formula is C26H29ClN6O4. The fourth-order valence-corrected chi connectivity index (χ4v) is 5.20. The number of carbonyl (C=O) groups is 2. The fourth-order valence-electron chi connectivity index (χ4n) is 4.97. The van der Waals surface area contributed by atoms with E-state index in [0.29, 0.717) is 42.0 Å². The van der Waals surface area contributed by atoms with Crippen LogP contribution < -0.4 is 20.1 Å². The highest BCUT2D eigenvalue weighted by Crippen LogP contribution is 2.29. The maximum atomic E-state index is 12.6. The number of methoxy groups -OCH3 is 1. The monoisotopic (exact) mass is 524 g/mol. The van der Waals surface area contributed by atoms with Crippen molar-refractivity contribution in [2.45, 2.75) is 51.2 Å². The molecule has 2 atom stereocenters. The molecule has 5 heterocycles. The lowest BCUT2D eigenvalue weighted by Gasteiger charge is -2.40. The van der Waals surface area contributed by atoms with Gasteiger partial charge in [-0.1, -0.05) is 11.6 Å². The molecule has 0 saturated carbocycles. The van der Waals surface area contributed by atoms with Crippen LogP contribution in [0.5, 0.6) is 11.6 Å². The number of rotatable bonds is 7. The van der Waals surface area contributed by atoms with Gasteiger partial charge in [-0.3, -0.25) is 14.6 Å². The van der Waals surface area contributed by atoms with Crippen molar-refractivity contribution in [3.8, 4) is 11.6 Å². The molecule has 0 radical (unpaired) electrons. The highest BCUT2D eigenvalue weighted by atomic mass is 35.5. The molecule has 0 spiro atoms. The number of ether oxygens (including phenoxy) is 2. The van der Waals surface area contributed by atoms with Gasteiger partial charge in [0.15, 0.2) is 18.2 Å². The van der Waals surface area contributed by atoms with Crippen LogP contribution in [0, 0.1) is 0 Å². The summed E-state index contributed by atoms with van der Waals surface area (Å²) < 4.78 is 10.7. The lowest BCUT2D eigenvalue weighted by molar-refractivity contribution is -0.133. The van der Waals surface area contributed by atoms with Gasteiger partial charge in [0.2, 0.25) is 11.8 Å². The Morgan fingerprint density at radius 2 is 2.14 bits per heavy atom. The van der Waals surface area contributed by atoms with Crippen LogP contribution in [0.25, 0.3) is 11.0 Å². The predicted molar refractivity (Wildman–Crippen MR) is 139 cm³/mol. The van der Waals surface area contributed by atoms with Crippen LogP contribution in [0.4, 0.5) is 5.82 Å². The third-order valence-corrected chi connectivity index (χ3v) is 7.22. The molecule has 2 aliphatic heterocycles. The van der Waals surface area contributed by atoms with Crippen LogP contribution >= 0.6 is 11.6 Å². The number of aryl methyl sites for hydroxylation is 1. The first-order valence-electron chi connectivity index (χ1n) is 12.3. The SMILES string of the molecule is COc1ccc2ncc(Cl)c(CC[C@@H]3CC[C@H](NCc4ccc5c(n4)NC(=O)CO5)CN3C(C)=O)c2n1. The Hall–Kier alpha value is -3.50. The van der Waals surface area contributed by atoms with Crippen molar-refractivity contribution in [1.29, 1.82) is 0 Å². The summed E-state index contributed by atoms with van der Waals surface area (Å²) in [6.07, 6.45) is 4.91. The van der Waals surface area contributed by atoms with E-state index in [9.17, 15) is 9.59 Å². The zero-order valence-corrected chi connectivity index (χ0v) is 21.5. The highest BCUT2D eigenvalue weighted by Gasteiger charge is 2.30. The van der Waals surface area contributed by atoms with Gasteiger partial charge in [-0.15, -0.1) is 0 Å². The number of fused-ring (bicyclic) bond motifs is 2. The van der Waals surface area contributed by atoms with Crippen LogP contribution in [-0.4, -0.2) is 64.0 Å². The second-order valence-corrected chi connectivity index (χ2v) is 9.72. The van der Waals surface area contributed by atoms with Crippen molar-refractivity contribution in [2.24, 2.45) is 0 Å². The zero-order chi connectivity index (χ0) is 25.9. The van der Waals surface area contributed by atoms with Crippen molar-refractivity contribution in [2.75, 3.05) is 25.6 Å². The topological polar surface area (TPSA) is 119 Å². The zero-order valence-electron chi connectivity index (χ0n) is 20.8. The Morgan fingerprint density at radius 1 is 1.27 bits per heavy atom. The molecule has 0 unspecified atom stereocenters. The van der Waals surface area contributed by atoms with Crippen molar-refractivity contribution in [3.05, 3.63) is 46.7 Å². The predicted octanol–water partition coefficient (Wildman–Crippen LogP) is 3.12. The average Bonchev–Trinajstić information content (AvgIpc) is 2.91. The Bertz CT molecular complexity index is 1340. The van der Waals surface area contributed by atoms with Crippen LogP contribution in [0.2, 0.25) is 5.02 Å². The number of likely N-dealkylation sites (tertiary alicyclic amines) is 1. The van der Waals surface area contributed by atoms with Gasteiger partial charge >= 0.3 is 0 Å². The lowest BCUT2D eigenvalue weighted by Crippen LogP contribution is -2.52. The quantitative estimate of drug-likeness (QED) is 0.484. The summed E-state index contributed by atoms with van der Waals surface area (Å²) in [5.41, 5.74) is 3.21. The van der Waals surface area contributed by atoms with Gasteiger partial charge in [0.1, 0.15) is 0 Å². The van der Waals surface area contributed by atoms with Gasteiger partial charge in [-0.2, -0.15) is 0 Å². The van der Waals surface area contributed by atoms with Crippen molar-refractivity contribution >= 4 is 40.3 Å². The Labute approximate surface area is 219 Å². The molecule has 1 fully saturated rings. The standard InChI is InChI=1S/C26H29ClN6O4/c1-15(34)33-13-17(28-11-16-4-9-22-26(30-16)31-23(35)14-37-22)3-5-18(33)6-7-19-20(27)12-29-21-8-10-24(36-2)32-25(19)21/h4,8-10,12,17-18,28H,3,5-7,11,13-14H2,1-2H3,(H,30,31,35)/t17-,18-/m0/s1. The van der Waals surface area contributed by atoms with E-state index in [0.717, 1.165) is 41.6 Å². The van der Waals surface area contributed by atoms with Crippen molar-refractivity contribution in [1.82, 2.24) is 25.2 Å². The number of hydrogen-bond acceptors (Lipinski definition) is 8. The molecule has 3 aromatic rings. The Morgan fingerprint density at radius 3 is 2.95 bits per heavy atom. The largest absolute Gasteiger partial charge is 0.481 e. The third kappa shape index (κ3) is 5.60. The number of pyridine rings is 3. The summed E-state index contributed by atoms with van der Waals surface area (Å²) in [5.74, 6) is 1.37. The van der Waals surface area contributed by atoms with Crippen LogP contribution in [0.3, 0.4) is 0 Å². The number of nitrogens with one attached hydrogen (secondary N) is 2. The first-order chi connectivity index (χ1) is 17.9. The third-order valence-electron chi connectivity index (χ3n) is 6.89. The number of aromatic nitrogens is 3. The highest BCUT2D eigenvalue weighted by molar-refractivity contribution is 6.32. The number of hydrogen-bond donors (Lipinski definition) is 2. The van der Waals surface area contributed by atoms with Crippen LogP contribution in [0.1, 0.15) is 37.4 Å². The minimum atomic E-state index is -0.212. The van der Waals surface area contributed by atoms with Gasteiger partial charge in [-0.05, 0) is 43.9 Å². The van der Waals surface area contributed by atoms with Gasteiger partial charge in [0, 0.05) is 49.9 Å². The van der Waals surface area contributed by atoms with Gasteiger partial charge in [0.05, 0.1) is 28.9 Å². The molecule has 0 aromatic carbocycles. The van der Waals surface area contributed by atoms with Gasteiger partial charge < -0.3 is 25.0 Å². The minimum absolute atomic E-state index is 0.00466. The van der Waals surface area contributed by atoms with E-state index in [4.69, 9.17) is 21.1 Å². The van der Waals surface area contributed by atoms with Crippen LogP contribution in [0.15, 0.2) is 30.5 Å². The number of carbonyl (C=O) groups excluding carboxylic acids is 2. The summed E-state index contributed by atoms with van der Waals surface area (Å²) in [7, 11) is 1.58.